The van der Waals surface area contributed by atoms with Gasteiger partial charge in [-0.2, -0.15) is 0 Å². The number of hydrogen-bond donors (Lipinski definition) is 2. The van der Waals surface area contributed by atoms with Gasteiger partial charge in [-0.1, -0.05) is 0 Å². The van der Waals surface area contributed by atoms with Crippen LogP contribution in [0.15, 0.2) is 42.5 Å². The third-order valence-corrected chi connectivity index (χ3v) is 5.40. The Morgan fingerprint density at radius 2 is 1.54 bits per heavy atom. The minimum absolute atomic E-state index is 0.138. The largest absolute Gasteiger partial charge is 0.372 e. The van der Waals surface area contributed by atoms with Gasteiger partial charge in [0.05, 0.1) is 5.69 Å². The summed E-state index contributed by atoms with van der Waals surface area (Å²) in [6.45, 7) is 2.07. The molecular weight excluding hydrogens is 364 g/mol. The molecule has 2 amide bonds. The van der Waals surface area contributed by atoms with Crippen molar-refractivity contribution in [3.8, 4) is 0 Å². The van der Waals surface area contributed by atoms with Crippen LogP contribution >= 0.6 is 0 Å². The monoisotopic (exact) mass is 385 g/mol. The standard InChI is InChI=1S/C21H21F2N3O2/c22-14-3-8-18(17(23)13-14)25-20(28)21(9-10-21)19(27)24-15-4-6-16(7-5-15)26-11-1-2-12-26/h3-8,13H,1-2,9-12H2,(H,24,27)(H,25,28). The lowest BCUT2D eigenvalue weighted by atomic mass is 10.0. The Bertz CT molecular complexity index is 904. The molecule has 4 rings (SSSR count). The van der Waals surface area contributed by atoms with E-state index in [1.165, 1.54) is 12.8 Å². The van der Waals surface area contributed by atoms with Crippen LogP contribution in [0.3, 0.4) is 0 Å². The van der Waals surface area contributed by atoms with Gasteiger partial charge in [-0.05, 0) is 62.1 Å². The lowest BCUT2D eigenvalue weighted by Crippen LogP contribution is -2.35. The molecular formula is C21H21F2N3O2. The molecule has 2 aromatic carbocycles. The highest BCUT2D eigenvalue weighted by Crippen LogP contribution is 2.47. The van der Waals surface area contributed by atoms with Gasteiger partial charge in [0.15, 0.2) is 0 Å². The summed E-state index contributed by atoms with van der Waals surface area (Å²) in [5.74, 6) is -2.60. The van der Waals surface area contributed by atoms with Gasteiger partial charge in [0.25, 0.3) is 0 Å². The number of benzene rings is 2. The van der Waals surface area contributed by atoms with Crippen LogP contribution in [-0.4, -0.2) is 24.9 Å². The van der Waals surface area contributed by atoms with Crippen molar-refractivity contribution in [1.82, 2.24) is 0 Å². The first-order valence-corrected chi connectivity index (χ1v) is 9.41. The molecule has 146 valence electrons. The number of nitrogens with one attached hydrogen (secondary N) is 2. The summed E-state index contributed by atoms with van der Waals surface area (Å²) in [7, 11) is 0. The summed E-state index contributed by atoms with van der Waals surface area (Å²) < 4.78 is 26.8. The van der Waals surface area contributed by atoms with E-state index in [9.17, 15) is 18.4 Å². The zero-order chi connectivity index (χ0) is 19.7. The van der Waals surface area contributed by atoms with Crippen LogP contribution in [0.4, 0.5) is 25.8 Å². The summed E-state index contributed by atoms with van der Waals surface area (Å²) in [6, 6.07) is 10.4. The molecule has 7 heteroatoms. The zero-order valence-electron chi connectivity index (χ0n) is 15.3. The normalized spacial score (nSPS) is 17.3. The summed E-state index contributed by atoms with van der Waals surface area (Å²) in [5, 5.41) is 5.19. The highest BCUT2D eigenvalue weighted by molar-refractivity contribution is 6.16. The summed E-state index contributed by atoms with van der Waals surface area (Å²) in [6.07, 6.45) is 3.15. The fourth-order valence-corrected chi connectivity index (χ4v) is 3.50. The number of halogens is 2. The SMILES string of the molecule is O=C(Nc1ccc(N2CCCC2)cc1)C1(C(=O)Nc2ccc(F)cc2F)CC1. The van der Waals surface area contributed by atoms with Crippen molar-refractivity contribution < 1.29 is 18.4 Å². The van der Waals surface area contributed by atoms with Crippen molar-refractivity contribution >= 4 is 28.9 Å². The van der Waals surface area contributed by atoms with E-state index < -0.39 is 28.9 Å². The van der Waals surface area contributed by atoms with Crippen LogP contribution in [0.1, 0.15) is 25.7 Å². The number of nitrogens with zero attached hydrogens (tertiary/aromatic N) is 1. The minimum Gasteiger partial charge on any atom is -0.372 e. The van der Waals surface area contributed by atoms with E-state index in [-0.39, 0.29) is 5.69 Å². The van der Waals surface area contributed by atoms with Crippen molar-refractivity contribution in [2.24, 2.45) is 5.41 Å². The summed E-state index contributed by atoms with van der Waals surface area (Å²) >= 11 is 0. The second-order valence-corrected chi connectivity index (χ2v) is 7.36. The second-order valence-electron chi connectivity index (χ2n) is 7.36. The van der Waals surface area contributed by atoms with Gasteiger partial charge in [-0.15, -0.1) is 0 Å². The molecule has 2 N–H and O–H groups in total. The molecule has 0 bridgehead atoms. The predicted octanol–water partition coefficient (Wildman–Crippen LogP) is 3.92. The molecule has 0 radical (unpaired) electrons. The van der Waals surface area contributed by atoms with E-state index in [0.29, 0.717) is 24.6 Å². The summed E-state index contributed by atoms with van der Waals surface area (Å²) in [5.41, 5.74) is 0.371. The minimum atomic E-state index is -1.21. The molecule has 2 aromatic rings. The van der Waals surface area contributed by atoms with Crippen molar-refractivity contribution in [3.63, 3.8) is 0 Å². The van der Waals surface area contributed by atoms with Gasteiger partial charge in [0, 0.05) is 30.5 Å². The Kier molecular flexibility index (Phi) is 4.75. The number of hydrogen-bond acceptors (Lipinski definition) is 3. The maximum atomic E-state index is 13.8. The first-order chi connectivity index (χ1) is 13.5. The van der Waals surface area contributed by atoms with E-state index >= 15 is 0 Å². The Hall–Kier alpha value is -2.96. The van der Waals surface area contributed by atoms with Crippen molar-refractivity contribution in [3.05, 3.63) is 54.1 Å². The maximum Gasteiger partial charge on any atom is 0.240 e. The zero-order valence-corrected chi connectivity index (χ0v) is 15.3. The van der Waals surface area contributed by atoms with Crippen molar-refractivity contribution in [1.29, 1.82) is 0 Å². The number of carbonyl (C=O) groups is 2. The molecule has 2 aliphatic rings. The molecule has 1 saturated carbocycles. The van der Waals surface area contributed by atoms with Crippen LogP contribution < -0.4 is 15.5 Å². The molecule has 2 fully saturated rings. The Labute approximate surface area is 161 Å². The predicted molar refractivity (Wildman–Crippen MR) is 103 cm³/mol. The number of rotatable bonds is 5. The second kappa shape index (κ2) is 7.22. The summed E-state index contributed by atoms with van der Waals surface area (Å²) in [4.78, 5) is 27.5. The third-order valence-electron chi connectivity index (χ3n) is 5.40. The highest BCUT2D eigenvalue weighted by Gasteiger charge is 2.56. The average molecular weight is 385 g/mol. The van der Waals surface area contributed by atoms with Gasteiger partial charge < -0.3 is 15.5 Å². The van der Waals surface area contributed by atoms with Crippen LogP contribution in [-0.2, 0) is 9.59 Å². The van der Waals surface area contributed by atoms with E-state index in [0.717, 1.165) is 30.9 Å². The lowest BCUT2D eigenvalue weighted by molar-refractivity contribution is -0.131. The Balaban J connectivity index is 1.41. The Morgan fingerprint density at radius 1 is 0.893 bits per heavy atom. The lowest BCUT2D eigenvalue weighted by Gasteiger charge is -2.19. The maximum absolute atomic E-state index is 13.8. The van der Waals surface area contributed by atoms with Gasteiger partial charge in [-0.25, -0.2) is 8.78 Å². The van der Waals surface area contributed by atoms with Gasteiger partial charge in [0.1, 0.15) is 17.0 Å². The number of carbonyl (C=O) groups excluding carboxylic acids is 2. The fraction of sp³-hybridized carbons (Fsp3) is 0.333. The van der Waals surface area contributed by atoms with Crippen LogP contribution in [0.25, 0.3) is 0 Å². The average Bonchev–Trinajstić information content (AvgIpc) is 3.32. The fourth-order valence-electron chi connectivity index (χ4n) is 3.50. The van der Waals surface area contributed by atoms with E-state index in [1.54, 1.807) is 0 Å². The Morgan fingerprint density at radius 3 is 2.14 bits per heavy atom. The molecule has 5 nitrogen and oxygen atoms in total. The quantitative estimate of drug-likeness (QED) is 0.767. The van der Waals surface area contributed by atoms with Crippen LogP contribution in [0.2, 0.25) is 0 Å². The molecule has 1 aliphatic carbocycles. The molecule has 28 heavy (non-hydrogen) atoms. The third kappa shape index (κ3) is 3.56. The van der Waals surface area contributed by atoms with Crippen molar-refractivity contribution in [2.45, 2.75) is 25.7 Å². The highest BCUT2D eigenvalue weighted by atomic mass is 19.1. The van der Waals surface area contributed by atoms with Gasteiger partial charge in [0.2, 0.25) is 11.8 Å². The van der Waals surface area contributed by atoms with E-state index in [4.69, 9.17) is 0 Å². The van der Waals surface area contributed by atoms with Crippen molar-refractivity contribution in [2.75, 3.05) is 28.6 Å². The van der Waals surface area contributed by atoms with Crippen LogP contribution in [0, 0.1) is 17.0 Å². The molecule has 1 saturated heterocycles. The van der Waals surface area contributed by atoms with E-state index in [1.807, 2.05) is 24.3 Å². The number of amides is 2. The molecule has 0 spiro atoms. The molecule has 0 unspecified atom stereocenters. The molecule has 0 aromatic heterocycles. The first kappa shape index (κ1) is 18.4. The molecule has 1 heterocycles. The van der Waals surface area contributed by atoms with Crippen LogP contribution in [0.5, 0.6) is 0 Å². The van der Waals surface area contributed by atoms with Gasteiger partial charge in [-0.3, -0.25) is 9.59 Å². The number of anilines is 3. The van der Waals surface area contributed by atoms with E-state index in [2.05, 4.69) is 15.5 Å². The topological polar surface area (TPSA) is 61.4 Å². The first-order valence-electron chi connectivity index (χ1n) is 9.41. The smallest absolute Gasteiger partial charge is 0.240 e. The molecule has 1 aliphatic heterocycles. The molecule has 0 atom stereocenters. The van der Waals surface area contributed by atoms with Gasteiger partial charge >= 0.3 is 0 Å².